The van der Waals surface area contributed by atoms with Crippen LogP contribution in [0.4, 0.5) is 10.2 Å². The van der Waals surface area contributed by atoms with Gasteiger partial charge in [0.15, 0.2) is 5.82 Å². The molecule has 0 amide bonds. The van der Waals surface area contributed by atoms with Crippen molar-refractivity contribution in [2.45, 2.75) is 25.3 Å². The van der Waals surface area contributed by atoms with Crippen LogP contribution in [-0.4, -0.2) is 21.0 Å². The smallest absolute Gasteiger partial charge is 0.335 e. The van der Waals surface area contributed by atoms with Crippen molar-refractivity contribution in [2.75, 3.05) is 5.32 Å². The van der Waals surface area contributed by atoms with Crippen LogP contribution in [0.3, 0.4) is 0 Å². The molecule has 0 fully saturated rings. The maximum absolute atomic E-state index is 13.3. The normalized spacial score (nSPS) is 16.3. The predicted molar refractivity (Wildman–Crippen MR) is 123 cm³/mol. The Hall–Kier alpha value is -3.58. The van der Waals surface area contributed by atoms with Crippen LogP contribution in [-0.2, 0) is 6.54 Å². The first-order valence-corrected chi connectivity index (χ1v) is 11.3. The van der Waals surface area contributed by atoms with E-state index >= 15 is 0 Å². The fraction of sp³-hybridized carbons (Fsp3) is 0.160. The van der Waals surface area contributed by atoms with E-state index in [1.165, 1.54) is 28.1 Å². The molecule has 4 aromatic rings. The molecule has 2 aliphatic rings. The molecule has 158 valence electrons. The van der Waals surface area contributed by atoms with Gasteiger partial charge in [-0.25, -0.2) is 19.2 Å². The van der Waals surface area contributed by atoms with E-state index in [0.717, 1.165) is 40.0 Å². The summed E-state index contributed by atoms with van der Waals surface area (Å²) in [7, 11) is 0. The summed E-state index contributed by atoms with van der Waals surface area (Å²) in [6, 6.07) is 13.0. The zero-order valence-corrected chi connectivity index (χ0v) is 17.7. The Balaban J connectivity index is 1.44. The second-order valence-corrected chi connectivity index (χ2v) is 9.10. The van der Waals surface area contributed by atoms with Crippen molar-refractivity contribution < 1.29 is 14.3 Å². The van der Waals surface area contributed by atoms with Crippen LogP contribution in [0.25, 0.3) is 27.2 Å². The summed E-state index contributed by atoms with van der Waals surface area (Å²) >= 11 is 1.72. The van der Waals surface area contributed by atoms with Crippen LogP contribution in [0.1, 0.15) is 45.1 Å². The van der Waals surface area contributed by atoms with Crippen molar-refractivity contribution in [3.63, 3.8) is 0 Å². The van der Waals surface area contributed by atoms with Crippen LogP contribution >= 0.6 is 11.3 Å². The van der Waals surface area contributed by atoms with Crippen molar-refractivity contribution in [1.82, 2.24) is 9.97 Å². The summed E-state index contributed by atoms with van der Waals surface area (Å²) in [5, 5.41) is 13.7. The lowest BCUT2D eigenvalue weighted by molar-refractivity contribution is 0.0697. The van der Waals surface area contributed by atoms with Gasteiger partial charge < -0.3 is 10.4 Å². The molecule has 0 spiro atoms. The maximum Gasteiger partial charge on any atom is 0.335 e. The number of nitrogens with zero attached hydrogens (tertiary/aromatic N) is 2. The Bertz CT molecular complexity index is 1410. The van der Waals surface area contributed by atoms with E-state index in [-0.39, 0.29) is 11.4 Å². The fourth-order valence-corrected chi connectivity index (χ4v) is 5.88. The number of rotatable bonds is 5. The lowest BCUT2D eigenvalue weighted by atomic mass is 9.80. The van der Waals surface area contributed by atoms with Gasteiger partial charge in [0, 0.05) is 28.5 Å². The molecule has 2 aromatic carbocycles. The van der Waals surface area contributed by atoms with Gasteiger partial charge in [-0.3, -0.25) is 0 Å². The minimum Gasteiger partial charge on any atom is -0.478 e. The van der Waals surface area contributed by atoms with Gasteiger partial charge in [-0.15, -0.1) is 11.3 Å². The Morgan fingerprint density at radius 3 is 2.66 bits per heavy atom. The molecule has 2 heterocycles. The molecular formula is C25H18FN3O2S. The molecule has 5 nitrogen and oxygen atoms in total. The molecule has 0 radical (unpaired) electrons. The zero-order chi connectivity index (χ0) is 21.8. The second-order valence-electron chi connectivity index (χ2n) is 8.07. The Labute approximate surface area is 187 Å². The molecule has 0 saturated heterocycles. The molecular weight excluding hydrogens is 425 g/mol. The third kappa shape index (κ3) is 3.00. The molecule has 1 atom stereocenters. The number of carboxylic acid groups (broad SMARTS) is 1. The predicted octanol–water partition coefficient (Wildman–Crippen LogP) is 6.08. The molecule has 0 saturated carbocycles. The number of carbonyl (C=O) groups is 1. The Morgan fingerprint density at radius 1 is 1.12 bits per heavy atom. The summed E-state index contributed by atoms with van der Waals surface area (Å²) in [5.74, 6) is 0.598. The highest BCUT2D eigenvalue weighted by Crippen LogP contribution is 2.59. The summed E-state index contributed by atoms with van der Waals surface area (Å²) in [6.07, 6.45) is 4.59. The number of fused-ring (bicyclic) bond motifs is 6. The number of aromatic nitrogens is 2. The monoisotopic (exact) mass is 443 g/mol. The number of aromatic carboxylic acids is 1. The van der Waals surface area contributed by atoms with Gasteiger partial charge >= 0.3 is 5.97 Å². The lowest BCUT2D eigenvalue weighted by Gasteiger charge is -2.26. The highest BCUT2D eigenvalue weighted by atomic mass is 32.1. The van der Waals surface area contributed by atoms with Gasteiger partial charge in [0.05, 0.1) is 10.9 Å². The van der Waals surface area contributed by atoms with Crippen molar-refractivity contribution in [2.24, 2.45) is 0 Å². The molecule has 1 unspecified atom stereocenters. The van der Waals surface area contributed by atoms with Crippen LogP contribution in [0.15, 0.2) is 54.6 Å². The molecule has 2 aliphatic carbocycles. The number of benzene rings is 2. The first-order chi connectivity index (χ1) is 15.6. The van der Waals surface area contributed by atoms with Crippen molar-refractivity contribution >= 4 is 38.9 Å². The van der Waals surface area contributed by atoms with E-state index in [9.17, 15) is 14.3 Å². The first kappa shape index (κ1) is 19.1. The number of anilines is 1. The minimum atomic E-state index is -0.965. The Kier molecular flexibility index (Phi) is 4.33. The topological polar surface area (TPSA) is 75.1 Å². The zero-order valence-electron chi connectivity index (χ0n) is 16.9. The number of thiophene rings is 1. The van der Waals surface area contributed by atoms with Gasteiger partial charge in [0.2, 0.25) is 0 Å². The third-order valence-electron chi connectivity index (χ3n) is 6.14. The number of halogens is 1. The quantitative estimate of drug-likeness (QED) is 0.391. The third-order valence-corrected chi connectivity index (χ3v) is 7.34. The van der Waals surface area contributed by atoms with E-state index in [4.69, 9.17) is 9.97 Å². The van der Waals surface area contributed by atoms with E-state index < -0.39 is 5.97 Å². The SMILES string of the molecule is O=C(O)c1ccc(-c2nc(NCc3ccc(F)cc3)c3c4c(sc3n2)C2CCC=C42)cc1. The molecule has 0 bridgehead atoms. The first-order valence-electron chi connectivity index (χ1n) is 10.5. The van der Waals surface area contributed by atoms with Gasteiger partial charge in [-0.05, 0) is 48.2 Å². The highest BCUT2D eigenvalue weighted by molar-refractivity contribution is 7.19. The fourth-order valence-electron chi connectivity index (χ4n) is 4.53. The van der Waals surface area contributed by atoms with Crippen molar-refractivity contribution in [3.05, 3.63) is 82.0 Å². The van der Waals surface area contributed by atoms with E-state index in [1.807, 2.05) is 0 Å². The van der Waals surface area contributed by atoms with Gasteiger partial charge in [0.1, 0.15) is 16.5 Å². The van der Waals surface area contributed by atoms with Crippen LogP contribution in [0.2, 0.25) is 0 Å². The molecule has 32 heavy (non-hydrogen) atoms. The summed E-state index contributed by atoms with van der Waals surface area (Å²) in [4.78, 5) is 23.2. The molecule has 6 rings (SSSR count). The molecule has 2 aromatic heterocycles. The number of carboxylic acids is 1. The summed E-state index contributed by atoms with van der Waals surface area (Å²) in [6.45, 7) is 0.511. The van der Waals surface area contributed by atoms with E-state index in [0.29, 0.717) is 18.3 Å². The standard InChI is InChI=1S/C25H18FN3O2S/c26-16-10-4-13(5-11-16)12-27-23-20-19-17-2-1-3-18(17)21(19)32-24(20)29-22(28-23)14-6-8-15(9-7-14)25(30)31/h2,4-11,18H,1,3,12H2,(H,30,31)(H,27,28,29). The van der Waals surface area contributed by atoms with Crippen LogP contribution in [0.5, 0.6) is 0 Å². The van der Waals surface area contributed by atoms with Gasteiger partial charge in [-0.1, -0.05) is 30.3 Å². The molecule has 7 heteroatoms. The maximum atomic E-state index is 13.3. The number of nitrogens with one attached hydrogen (secondary N) is 1. The molecule has 2 N–H and O–H groups in total. The molecule has 0 aliphatic heterocycles. The van der Waals surface area contributed by atoms with E-state index in [1.54, 1.807) is 47.7 Å². The number of hydrogen-bond donors (Lipinski definition) is 2. The number of hydrogen-bond acceptors (Lipinski definition) is 5. The van der Waals surface area contributed by atoms with E-state index in [2.05, 4.69) is 11.4 Å². The second kappa shape index (κ2) is 7.24. The van der Waals surface area contributed by atoms with Crippen molar-refractivity contribution in [1.29, 1.82) is 0 Å². The lowest BCUT2D eigenvalue weighted by Crippen LogP contribution is -2.10. The Morgan fingerprint density at radius 2 is 1.91 bits per heavy atom. The van der Waals surface area contributed by atoms with Gasteiger partial charge in [-0.2, -0.15) is 0 Å². The van der Waals surface area contributed by atoms with Crippen LogP contribution in [0, 0.1) is 5.82 Å². The summed E-state index contributed by atoms with van der Waals surface area (Å²) in [5.41, 5.74) is 4.61. The average molecular weight is 444 g/mol. The number of allylic oxidation sites excluding steroid dienone is 2. The average Bonchev–Trinajstić information content (AvgIpc) is 3.36. The highest BCUT2D eigenvalue weighted by Gasteiger charge is 2.39. The van der Waals surface area contributed by atoms with Gasteiger partial charge in [0.25, 0.3) is 0 Å². The van der Waals surface area contributed by atoms with Crippen LogP contribution < -0.4 is 5.32 Å². The largest absolute Gasteiger partial charge is 0.478 e. The van der Waals surface area contributed by atoms with Crippen molar-refractivity contribution in [3.8, 4) is 11.4 Å². The minimum absolute atomic E-state index is 0.225. The summed E-state index contributed by atoms with van der Waals surface area (Å²) < 4.78 is 13.3.